The van der Waals surface area contributed by atoms with Crippen LogP contribution in [0.4, 0.5) is 5.69 Å². The quantitative estimate of drug-likeness (QED) is 0.178. The summed E-state index contributed by atoms with van der Waals surface area (Å²) in [5.74, 6) is 0.665. The van der Waals surface area contributed by atoms with E-state index in [9.17, 15) is 0 Å². The Hall–Kier alpha value is -2.66. The second kappa shape index (κ2) is 9.66. The molecule has 0 aliphatic carbocycles. The van der Waals surface area contributed by atoms with Gasteiger partial charge in [-0.25, -0.2) is 0 Å². The van der Waals surface area contributed by atoms with E-state index < -0.39 is 0 Å². The van der Waals surface area contributed by atoms with Crippen molar-refractivity contribution in [3.63, 3.8) is 0 Å². The summed E-state index contributed by atoms with van der Waals surface area (Å²) in [6.45, 7) is 8.69. The number of benzene rings is 2. The first-order valence-electron chi connectivity index (χ1n) is 11.4. The normalized spacial score (nSPS) is 13.6. The number of hydrogen-bond acceptors (Lipinski definition) is 6. The molecule has 0 fully saturated rings. The van der Waals surface area contributed by atoms with Crippen molar-refractivity contribution in [1.82, 2.24) is 9.88 Å². The van der Waals surface area contributed by atoms with Crippen molar-refractivity contribution >= 4 is 48.5 Å². The third kappa shape index (κ3) is 4.70. The summed E-state index contributed by atoms with van der Waals surface area (Å²) in [5, 5.41) is 5.11. The van der Waals surface area contributed by atoms with Gasteiger partial charge in [0.1, 0.15) is 5.06 Å². The Morgan fingerprint density at radius 3 is 2.67 bits per heavy atom. The first-order chi connectivity index (χ1) is 16.8. The maximum absolute atomic E-state index is 6.27. The van der Waals surface area contributed by atoms with Crippen LogP contribution in [-0.4, -0.2) is 16.9 Å². The summed E-state index contributed by atoms with van der Waals surface area (Å²) in [4.78, 5) is 8.79. The van der Waals surface area contributed by atoms with Gasteiger partial charge < -0.3 is 14.5 Å². The smallest absolute Gasteiger partial charge is 0.107 e. The van der Waals surface area contributed by atoms with Gasteiger partial charge in [0.2, 0.25) is 0 Å². The molecule has 0 radical (unpaired) electrons. The fraction of sp³-hybridized carbons (Fsp3) is 0.172. The molecular weight excluding hydrogens is 666 g/mol. The predicted molar refractivity (Wildman–Crippen MR) is 147 cm³/mol. The van der Waals surface area contributed by atoms with E-state index >= 15 is 0 Å². The zero-order chi connectivity index (χ0) is 24.2. The van der Waals surface area contributed by atoms with Gasteiger partial charge in [-0.1, -0.05) is 48.6 Å². The van der Waals surface area contributed by atoms with Crippen LogP contribution in [0, 0.1) is 18.8 Å². The SMILES string of the molecule is CN1C=CN(c2[c-]c(Oc3[c-]c4c(-c5cc(C(C)(C)C)ccn5)c5ccsc5cc4s3)ccc2)[CH-]1.[Pt]. The number of anilines is 1. The Labute approximate surface area is 234 Å². The van der Waals surface area contributed by atoms with E-state index in [-0.39, 0.29) is 26.5 Å². The summed E-state index contributed by atoms with van der Waals surface area (Å²) < 4.78 is 8.66. The Morgan fingerprint density at radius 2 is 1.89 bits per heavy atom. The Bertz CT molecular complexity index is 1580. The second-order valence-corrected chi connectivity index (χ2v) is 11.6. The monoisotopic (exact) mass is 689 g/mol. The molecule has 0 bridgehead atoms. The van der Waals surface area contributed by atoms with Crippen LogP contribution in [-0.2, 0) is 26.5 Å². The summed E-state index contributed by atoms with van der Waals surface area (Å²) in [5.41, 5.74) is 4.33. The van der Waals surface area contributed by atoms with Gasteiger partial charge in [0.15, 0.2) is 0 Å². The Balaban J connectivity index is 0.00000267. The van der Waals surface area contributed by atoms with Crippen molar-refractivity contribution in [2.24, 2.45) is 0 Å². The van der Waals surface area contributed by atoms with Crippen molar-refractivity contribution in [3.8, 4) is 22.1 Å². The van der Waals surface area contributed by atoms with Gasteiger partial charge in [0.25, 0.3) is 0 Å². The van der Waals surface area contributed by atoms with E-state index in [4.69, 9.17) is 9.72 Å². The molecule has 1 aliphatic heterocycles. The molecular formula is C29H24N3OPtS2-3. The van der Waals surface area contributed by atoms with Crippen LogP contribution < -0.4 is 9.64 Å². The van der Waals surface area contributed by atoms with E-state index in [1.807, 2.05) is 60.3 Å². The van der Waals surface area contributed by atoms with Crippen LogP contribution in [0.3, 0.4) is 0 Å². The van der Waals surface area contributed by atoms with Crippen molar-refractivity contribution in [2.45, 2.75) is 26.2 Å². The van der Waals surface area contributed by atoms with Crippen LogP contribution in [0.5, 0.6) is 10.8 Å². The molecule has 0 saturated heterocycles. The molecule has 2 aromatic carbocycles. The van der Waals surface area contributed by atoms with Gasteiger partial charge >= 0.3 is 0 Å². The van der Waals surface area contributed by atoms with Gasteiger partial charge in [-0.2, -0.15) is 29.5 Å². The van der Waals surface area contributed by atoms with E-state index in [1.54, 1.807) is 22.7 Å². The van der Waals surface area contributed by atoms with Crippen LogP contribution in [0.15, 0.2) is 66.4 Å². The minimum Gasteiger partial charge on any atom is -0.510 e. The first kappa shape index (κ1) is 25.0. The minimum absolute atomic E-state index is 0. The van der Waals surface area contributed by atoms with Gasteiger partial charge in [0.05, 0.1) is 0 Å². The standard InChI is InChI=1S/C29H24N3OS2.Pt/c1-29(2,3)19-8-10-30-24(14-19)28-22-9-13-34-25(22)17-26-23(28)16-27(35-26)33-21-7-5-6-20(15-21)32-12-11-31(4)18-32;/h5-14,17-18H,1-4H3;/q-3;. The molecule has 0 unspecified atom stereocenters. The number of nitrogens with zero attached hydrogens (tertiary/aromatic N) is 3. The van der Waals surface area contributed by atoms with Crippen LogP contribution in [0.1, 0.15) is 26.3 Å². The zero-order valence-corrected chi connectivity index (χ0v) is 24.2. The maximum Gasteiger partial charge on any atom is 0.107 e. The average Bonchev–Trinajstić information content (AvgIpc) is 3.56. The molecule has 0 amide bonds. The number of ether oxygens (including phenoxy) is 1. The summed E-state index contributed by atoms with van der Waals surface area (Å²) in [6, 6.07) is 21.6. The zero-order valence-electron chi connectivity index (χ0n) is 20.3. The van der Waals surface area contributed by atoms with E-state index in [1.165, 1.54) is 15.6 Å². The third-order valence-electron chi connectivity index (χ3n) is 6.04. The molecule has 186 valence electrons. The number of aromatic nitrogens is 1. The molecule has 0 atom stereocenters. The molecule has 0 spiro atoms. The number of pyridine rings is 1. The number of fused-ring (bicyclic) bond motifs is 2. The fourth-order valence-electron chi connectivity index (χ4n) is 4.21. The van der Waals surface area contributed by atoms with Crippen LogP contribution in [0.2, 0.25) is 0 Å². The van der Waals surface area contributed by atoms with Gasteiger partial charge in [-0.15, -0.1) is 41.3 Å². The van der Waals surface area contributed by atoms with E-state index in [0.717, 1.165) is 32.1 Å². The molecule has 6 rings (SSSR count). The second-order valence-electron chi connectivity index (χ2n) is 9.64. The summed E-state index contributed by atoms with van der Waals surface area (Å²) in [7, 11) is 2.00. The number of rotatable bonds is 4. The minimum atomic E-state index is 0. The molecule has 3 aromatic heterocycles. The molecule has 4 nitrogen and oxygen atoms in total. The molecule has 1 aliphatic rings. The van der Waals surface area contributed by atoms with Crippen molar-refractivity contribution in [2.75, 3.05) is 11.9 Å². The molecule has 0 saturated carbocycles. The van der Waals surface area contributed by atoms with Crippen LogP contribution >= 0.6 is 22.7 Å². The van der Waals surface area contributed by atoms with Gasteiger partial charge in [-0.3, -0.25) is 4.98 Å². The van der Waals surface area contributed by atoms with Crippen molar-refractivity contribution < 1.29 is 25.8 Å². The molecule has 36 heavy (non-hydrogen) atoms. The van der Waals surface area contributed by atoms with Crippen LogP contribution in [0.25, 0.3) is 31.4 Å². The molecule has 7 heteroatoms. The first-order valence-corrected chi connectivity index (χ1v) is 13.1. The molecule has 5 aromatic rings. The van der Waals surface area contributed by atoms with Crippen molar-refractivity contribution in [1.29, 1.82) is 0 Å². The summed E-state index contributed by atoms with van der Waals surface area (Å²) in [6.07, 6.45) is 5.91. The number of thiophene rings is 2. The van der Waals surface area contributed by atoms with Gasteiger partial charge in [-0.05, 0) is 47.9 Å². The predicted octanol–water partition coefficient (Wildman–Crippen LogP) is 8.21. The fourth-order valence-corrected chi connectivity index (χ4v) is 6.03. The van der Waals surface area contributed by atoms with Gasteiger partial charge in [0, 0.05) is 43.4 Å². The summed E-state index contributed by atoms with van der Waals surface area (Å²) >= 11 is 3.35. The van der Waals surface area contributed by atoms with E-state index in [0.29, 0.717) is 5.75 Å². The van der Waals surface area contributed by atoms with Crippen molar-refractivity contribution in [3.05, 3.63) is 90.8 Å². The third-order valence-corrected chi connectivity index (χ3v) is 7.81. The largest absolute Gasteiger partial charge is 0.510 e. The average molecular weight is 690 g/mol. The molecule has 0 N–H and O–H groups in total. The maximum atomic E-state index is 6.27. The Kier molecular flexibility index (Phi) is 6.71. The molecule has 4 heterocycles. The Morgan fingerprint density at radius 1 is 1.03 bits per heavy atom. The number of hydrogen-bond donors (Lipinski definition) is 0. The van der Waals surface area contributed by atoms with E-state index in [2.05, 4.69) is 62.5 Å². The topological polar surface area (TPSA) is 28.6 Å².